The molecule has 0 spiro atoms. The molecule has 9 heteroatoms. The number of fused-ring (bicyclic) bond motifs is 2. The molecule has 7 nitrogen and oxygen atoms in total. The summed E-state index contributed by atoms with van der Waals surface area (Å²) in [6.07, 6.45) is 5.57. The predicted octanol–water partition coefficient (Wildman–Crippen LogP) is 0.0126. The van der Waals surface area contributed by atoms with Gasteiger partial charge in [-0.2, -0.15) is 0 Å². The molecule has 1 heterocycles. The summed E-state index contributed by atoms with van der Waals surface area (Å²) in [5.74, 6) is -0.269. The molecule has 0 saturated carbocycles. The second-order valence-corrected chi connectivity index (χ2v) is 10.3. The molecule has 0 radical (unpaired) electrons. The molecule has 0 aromatic heterocycles. The second kappa shape index (κ2) is 10.3. The van der Waals surface area contributed by atoms with Crippen molar-refractivity contribution in [2.24, 2.45) is 0 Å². The van der Waals surface area contributed by atoms with Crippen molar-refractivity contribution < 1.29 is 69.3 Å². The summed E-state index contributed by atoms with van der Waals surface area (Å²) >= 11 is 0. The van der Waals surface area contributed by atoms with E-state index in [-0.39, 0.29) is 57.1 Å². The summed E-state index contributed by atoms with van der Waals surface area (Å²) in [6.45, 7) is 5.97. The number of carbonyl (C=O) groups is 1. The third-order valence-electron chi connectivity index (χ3n) is 6.22. The number of benzene rings is 1. The molecule has 1 fully saturated rings. The van der Waals surface area contributed by atoms with Gasteiger partial charge in [-0.05, 0) is 80.3 Å². The Balaban J connectivity index is 0.00000256. The van der Waals surface area contributed by atoms with Crippen molar-refractivity contribution in [1.82, 2.24) is 4.90 Å². The van der Waals surface area contributed by atoms with Gasteiger partial charge in [-0.1, -0.05) is 6.07 Å². The van der Waals surface area contributed by atoms with E-state index in [2.05, 4.69) is 34.9 Å². The fourth-order valence-electron chi connectivity index (χ4n) is 4.81. The van der Waals surface area contributed by atoms with E-state index < -0.39 is 22.2 Å². The van der Waals surface area contributed by atoms with Crippen molar-refractivity contribution in [3.63, 3.8) is 0 Å². The van der Waals surface area contributed by atoms with Crippen LogP contribution in [0.2, 0.25) is 0 Å². The zero-order valence-electron chi connectivity index (χ0n) is 18.2. The van der Waals surface area contributed by atoms with Crippen LogP contribution in [0.4, 0.5) is 10.5 Å². The molecule has 1 aromatic rings. The molecule has 3 aliphatic rings. The Morgan fingerprint density at radius 1 is 1.20 bits per heavy atom. The first-order chi connectivity index (χ1) is 13.8. The summed E-state index contributed by atoms with van der Waals surface area (Å²) in [6, 6.07) is 1.80. The van der Waals surface area contributed by atoms with Gasteiger partial charge in [0, 0.05) is 19.1 Å². The van der Waals surface area contributed by atoms with Gasteiger partial charge in [-0.15, -0.1) is 0 Å². The number of aryl methyl sites for hydroxylation is 2. The van der Waals surface area contributed by atoms with E-state index in [4.69, 9.17) is 4.74 Å². The fraction of sp³-hybridized carbons (Fsp3) is 0.667. The van der Waals surface area contributed by atoms with Crippen LogP contribution in [-0.4, -0.2) is 56.9 Å². The van der Waals surface area contributed by atoms with E-state index in [0.29, 0.717) is 19.2 Å². The molecule has 2 amide bonds. The van der Waals surface area contributed by atoms with E-state index >= 15 is 0 Å². The van der Waals surface area contributed by atoms with Gasteiger partial charge >= 0.3 is 51.4 Å². The maximum absolute atomic E-state index is 12.5. The first kappa shape index (κ1) is 24.6. The van der Waals surface area contributed by atoms with Crippen LogP contribution in [0.5, 0.6) is 0 Å². The third-order valence-corrected chi connectivity index (χ3v) is 7.46. The summed E-state index contributed by atoms with van der Waals surface area (Å²) in [4.78, 5) is 14.7. The number of rotatable bonds is 5. The first-order valence-corrected chi connectivity index (χ1v) is 12.2. The standard InChI is InChI=1S/C21H31N3O4S.K/c1-14(2)24-9-10-28-17(12-24)13-29(26,27)23-21(25)22-20-18-7-3-5-15(18)11-16-6-4-8-19(16)20;/h11,14,17H,3-10,12-13H2,1-2H3,(H2,22,23,25);/q;+1/p-1. The Morgan fingerprint density at radius 3 is 2.43 bits per heavy atom. The van der Waals surface area contributed by atoms with Crippen LogP contribution in [0.25, 0.3) is 4.72 Å². The van der Waals surface area contributed by atoms with Gasteiger partial charge in [-0.3, -0.25) is 9.69 Å². The number of urea groups is 1. The van der Waals surface area contributed by atoms with Gasteiger partial charge in [-0.25, -0.2) is 8.42 Å². The number of sulfonamides is 1. The first-order valence-electron chi connectivity index (χ1n) is 10.6. The van der Waals surface area contributed by atoms with Crippen LogP contribution in [0.3, 0.4) is 0 Å². The molecular formula is C21H30KN3O4S. The SMILES string of the molecule is CC(C)N1CCOC(CS(=O)(=O)[N-]C(=O)Nc2c3c(cc4c2CCC4)CCC3)C1.[K+]. The number of morpholine rings is 1. The van der Waals surface area contributed by atoms with Crippen molar-refractivity contribution in [2.75, 3.05) is 30.8 Å². The molecule has 1 N–H and O–H groups in total. The predicted molar refractivity (Wildman–Crippen MR) is 113 cm³/mol. The Kier molecular flexibility index (Phi) is 8.45. The van der Waals surface area contributed by atoms with Gasteiger partial charge in [0.2, 0.25) is 0 Å². The topological polar surface area (TPSA) is 89.8 Å². The molecule has 0 bridgehead atoms. The number of ether oxygens (including phenoxy) is 1. The van der Waals surface area contributed by atoms with Crippen molar-refractivity contribution in [3.8, 4) is 0 Å². The normalized spacial score (nSPS) is 21.1. The number of anilines is 1. The van der Waals surface area contributed by atoms with Gasteiger partial charge < -0.3 is 14.8 Å². The molecule has 1 aromatic carbocycles. The van der Waals surface area contributed by atoms with E-state index in [1.807, 2.05) is 0 Å². The monoisotopic (exact) mass is 459 g/mol. The van der Waals surface area contributed by atoms with Crippen molar-refractivity contribution >= 4 is 21.7 Å². The smallest absolute Gasteiger partial charge is 0.423 e. The number of nitrogens with zero attached hydrogens (tertiary/aromatic N) is 2. The minimum absolute atomic E-state index is 0. The van der Waals surface area contributed by atoms with Crippen LogP contribution in [0, 0.1) is 0 Å². The summed E-state index contributed by atoms with van der Waals surface area (Å²) < 4.78 is 34.2. The molecule has 1 saturated heterocycles. The van der Waals surface area contributed by atoms with Crippen molar-refractivity contribution in [2.45, 2.75) is 64.5 Å². The molecule has 1 unspecified atom stereocenters. The molecule has 1 atom stereocenters. The Labute approximate surface area is 222 Å². The van der Waals surface area contributed by atoms with Crippen LogP contribution in [0.1, 0.15) is 48.9 Å². The van der Waals surface area contributed by atoms with Gasteiger partial charge in [0.15, 0.2) is 16.1 Å². The molecule has 30 heavy (non-hydrogen) atoms. The molecular weight excluding hydrogens is 429 g/mol. The largest absolute Gasteiger partial charge is 1.00 e. The molecule has 4 rings (SSSR count). The average molecular weight is 460 g/mol. The van der Waals surface area contributed by atoms with Gasteiger partial charge in [0.25, 0.3) is 0 Å². The maximum Gasteiger partial charge on any atom is 1.00 e. The molecule has 160 valence electrons. The third kappa shape index (κ3) is 5.67. The van der Waals surface area contributed by atoms with E-state index in [1.54, 1.807) is 0 Å². The second-order valence-electron chi connectivity index (χ2n) is 8.59. The van der Waals surface area contributed by atoms with Crippen LogP contribution >= 0.6 is 0 Å². The minimum Gasteiger partial charge on any atom is -0.423 e. The van der Waals surface area contributed by atoms with Crippen molar-refractivity contribution in [3.05, 3.63) is 33.0 Å². The average Bonchev–Trinajstić information content (AvgIpc) is 3.29. The van der Waals surface area contributed by atoms with Crippen LogP contribution in [0.15, 0.2) is 6.07 Å². The summed E-state index contributed by atoms with van der Waals surface area (Å²) in [7, 11) is -3.92. The van der Waals surface area contributed by atoms with Crippen LogP contribution < -0.4 is 56.7 Å². The van der Waals surface area contributed by atoms with E-state index in [0.717, 1.165) is 61.9 Å². The van der Waals surface area contributed by atoms with E-state index in [1.165, 1.54) is 11.1 Å². The molecule has 2 aliphatic carbocycles. The Hall–Kier alpha value is -0.00364. The summed E-state index contributed by atoms with van der Waals surface area (Å²) in [5, 5.41) is 2.83. The Morgan fingerprint density at radius 2 is 1.83 bits per heavy atom. The number of carbonyl (C=O) groups excluding carboxylic acids is 1. The zero-order chi connectivity index (χ0) is 20.6. The summed E-state index contributed by atoms with van der Waals surface area (Å²) in [5.41, 5.74) is 5.71. The van der Waals surface area contributed by atoms with Gasteiger partial charge in [0.1, 0.15) is 0 Å². The number of amides is 2. The van der Waals surface area contributed by atoms with E-state index in [9.17, 15) is 13.2 Å². The Bertz CT molecular complexity index is 872. The minimum atomic E-state index is -3.92. The maximum atomic E-state index is 12.5. The van der Waals surface area contributed by atoms with Crippen LogP contribution in [-0.2, 0) is 40.4 Å². The fourth-order valence-corrected chi connectivity index (χ4v) is 5.85. The van der Waals surface area contributed by atoms with Crippen molar-refractivity contribution in [1.29, 1.82) is 0 Å². The number of hydrogen-bond acceptors (Lipinski definition) is 5. The van der Waals surface area contributed by atoms with Gasteiger partial charge in [0.05, 0.1) is 18.5 Å². The quantitative estimate of drug-likeness (QED) is 0.627. The number of hydrogen-bond donors (Lipinski definition) is 1. The number of nitrogens with one attached hydrogen (secondary N) is 1. The zero-order valence-corrected chi connectivity index (χ0v) is 22.2. The molecule has 1 aliphatic heterocycles.